The van der Waals surface area contributed by atoms with Crippen molar-refractivity contribution in [3.63, 3.8) is 0 Å². The van der Waals surface area contributed by atoms with Crippen LogP contribution in [-0.2, 0) is 9.59 Å². The van der Waals surface area contributed by atoms with Gasteiger partial charge in [0.15, 0.2) is 0 Å². The molecular formula is C15H28N2O2. The number of piperazine rings is 1. The minimum absolute atomic E-state index is 0.0175. The summed E-state index contributed by atoms with van der Waals surface area (Å²) in [6.45, 7) is 11.1. The minimum Gasteiger partial charge on any atom is -0.343 e. The standard InChI is InChI=1S/C15H28N2O2/c1-6-12-15(19)17(8-7-10(2)3)13(9-11(4)5)14(18)16-12/h10-13H,6-9H2,1-5H3,(H,16,18). The first-order chi connectivity index (χ1) is 8.86. The van der Waals surface area contributed by atoms with E-state index in [9.17, 15) is 9.59 Å². The monoisotopic (exact) mass is 268 g/mol. The third-order valence-corrected chi connectivity index (χ3v) is 3.63. The Labute approximate surface area is 116 Å². The van der Waals surface area contributed by atoms with E-state index >= 15 is 0 Å². The molecule has 4 heteroatoms. The Morgan fingerprint density at radius 2 is 1.79 bits per heavy atom. The molecule has 1 heterocycles. The van der Waals surface area contributed by atoms with Gasteiger partial charge in [-0.3, -0.25) is 9.59 Å². The maximum Gasteiger partial charge on any atom is 0.245 e. The van der Waals surface area contributed by atoms with Crippen molar-refractivity contribution < 1.29 is 9.59 Å². The maximum atomic E-state index is 12.4. The number of carbonyl (C=O) groups is 2. The van der Waals surface area contributed by atoms with Gasteiger partial charge in [0, 0.05) is 6.54 Å². The molecule has 1 aliphatic rings. The summed E-state index contributed by atoms with van der Waals surface area (Å²) in [5.74, 6) is 1.05. The fraction of sp³-hybridized carbons (Fsp3) is 0.867. The average molecular weight is 268 g/mol. The molecule has 0 aromatic rings. The summed E-state index contributed by atoms with van der Waals surface area (Å²) in [6.07, 6.45) is 2.35. The van der Waals surface area contributed by atoms with Crippen LogP contribution in [0.5, 0.6) is 0 Å². The van der Waals surface area contributed by atoms with Gasteiger partial charge in [0.2, 0.25) is 11.8 Å². The molecule has 0 aliphatic carbocycles. The Balaban J connectivity index is 2.84. The van der Waals surface area contributed by atoms with Crippen molar-refractivity contribution in [1.82, 2.24) is 10.2 Å². The van der Waals surface area contributed by atoms with Gasteiger partial charge in [-0.15, -0.1) is 0 Å². The molecule has 1 aliphatic heterocycles. The SMILES string of the molecule is CCC1NC(=O)C(CC(C)C)N(CCC(C)C)C1=O. The van der Waals surface area contributed by atoms with Gasteiger partial charge < -0.3 is 10.2 Å². The molecule has 1 saturated heterocycles. The van der Waals surface area contributed by atoms with E-state index in [0.29, 0.717) is 24.8 Å². The maximum absolute atomic E-state index is 12.4. The van der Waals surface area contributed by atoms with Crippen molar-refractivity contribution in [2.75, 3.05) is 6.54 Å². The summed E-state index contributed by atoms with van der Waals surface area (Å²) >= 11 is 0. The number of nitrogens with one attached hydrogen (secondary N) is 1. The number of hydrogen-bond donors (Lipinski definition) is 1. The fourth-order valence-corrected chi connectivity index (χ4v) is 2.45. The highest BCUT2D eigenvalue weighted by molar-refractivity contribution is 5.96. The lowest BCUT2D eigenvalue weighted by Gasteiger charge is -2.39. The second-order valence-electron chi connectivity index (χ2n) is 6.33. The van der Waals surface area contributed by atoms with Crippen LogP contribution in [0.4, 0.5) is 0 Å². The van der Waals surface area contributed by atoms with Crippen LogP contribution in [-0.4, -0.2) is 35.3 Å². The average Bonchev–Trinajstić information content (AvgIpc) is 2.32. The number of amides is 2. The van der Waals surface area contributed by atoms with Gasteiger partial charge in [-0.25, -0.2) is 0 Å². The third kappa shape index (κ3) is 4.22. The van der Waals surface area contributed by atoms with Crippen molar-refractivity contribution in [3.05, 3.63) is 0 Å². The van der Waals surface area contributed by atoms with Gasteiger partial charge in [-0.2, -0.15) is 0 Å². The van der Waals surface area contributed by atoms with E-state index in [-0.39, 0.29) is 23.9 Å². The molecule has 0 saturated carbocycles. The van der Waals surface area contributed by atoms with E-state index in [4.69, 9.17) is 0 Å². The summed E-state index contributed by atoms with van der Waals surface area (Å²) < 4.78 is 0. The van der Waals surface area contributed by atoms with Crippen LogP contribution in [0.2, 0.25) is 0 Å². The molecular weight excluding hydrogens is 240 g/mol. The Morgan fingerprint density at radius 1 is 1.16 bits per heavy atom. The molecule has 4 nitrogen and oxygen atoms in total. The van der Waals surface area contributed by atoms with Crippen LogP contribution < -0.4 is 5.32 Å². The topological polar surface area (TPSA) is 49.4 Å². The zero-order valence-electron chi connectivity index (χ0n) is 12.9. The van der Waals surface area contributed by atoms with Crippen LogP contribution >= 0.6 is 0 Å². The summed E-state index contributed by atoms with van der Waals surface area (Å²) in [7, 11) is 0. The molecule has 2 unspecified atom stereocenters. The van der Waals surface area contributed by atoms with Gasteiger partial charge in [0.05, 0.1) is 0 Å². The first-order valence-electron chi connectivity index (χ1n) is 7.47. The Bertz CT molecular complexity index is 326. The quantitative estimate of drug-likeness (QED) is 0.802. The molecule has 1 rings (SSSR count). The predicted octanol–water partition coefficient (Wildman–Crippen LogP) is 2.18. The van der Waals surface area contributed by atoms with Gasteiger partial charge >= 0.3 is 0 Å². The minimum atomic E-state index is -0.330. The molecule has 0 spiro atoms. The lowest BCUT2D eigenvalue weighted by molar-refractivity contribution is -0.150. The van der Waals surface area contributed by atoms with Crippen LogP contribution in [0.15, 0.2) is 0 Å². The summed E-state index contributed by atoms with van der Waals surface area (Å²) in [5, 5.41) is 2.86. The fourth-order valence-electron chi connectivity index (χ4n) is 2.45. The van der Waals surface area contributed by atoms with Gasteiger partial charge in [0.1, 0.15) is 12.1 Å². The highest BCUT2D eigenvalue weighted by Gasteiger charge is 2.39. The van der Waals surface area contributed by atoms with Gasteiger partial charge in [-0.05, 0) is 31.1 Å². The highest BCUT2D eigenvalue weighted by atomic mass is 16.2. The summed E-state index contributed by atoms with van der Waals surface area (Å²) in [5.41, 5.74) is 0. The van der Waals surface area contributed by atoms with E-state index in [2.05, 4.69) is 33.0 Å². The van der Waals surface area contributed by atoms with Crippen molar-refractivity contribution in [2.45, 2.75) is 66.0 Å². The van der Waals surface area contributed by atoms with E-state index in [1.54, 1.807) is 0 Å². The lowest BCUT2D eigenvalue weighted by atomic mass is 9.96. The first-order valence-corrected chi connectivity index (χ1v) is 7.47. The number of nitrogens with zero attached hydrogens (tertiary/aromatic N) is 1. The highest BCUT2D eigenvalue weighted by Crippen LogP contribution is 2.20. The molecule has 110 valence electrons. The van der Waals surface area contributed by atoms with E-state index in [1.165, 1.54) is 0 Å². The largest absolute Gasteiger partial charge is 0.343 e. The Hall–Kier alpha value is -1.06. The Morgan fingerprint density at radius 3 is 2.26 bits per heavy atom. The summed E-state index contributed by atoms with van der Waals surface area (Å²) in [4.78, 5) is 26.4. The number of hydrogen-bond acceptors (Lipinski definition) is 2. The number of rotatable bonds is 6. The zero-order valence-corrected chi connectivity index (χ0v) is 12.9. The summed E-state index contributed by atoms with van der Waals surface area (Å²) in [6, 6.07) is -0.614. The molecule has 19 heavy (non-hydrogen) atoms. The van der Waals surface area contributed by atoms with Crippen LogP contribution in [0.3, 0.4) is 0 Å². The van der Waals surface area contributed by atoms with Crippen LogP contribution in [0, 0.1) is 11.8 Å². The number of carbonyl (C=O) groups excluding carboxylic acids is 2. The Kier molecular flexibility index (Phi) is 5.83. The van der Waals surface area contributed by atoms with Gasteiger partial charge in [0.25, 0.3) is 0 Å². The second-order valence-corrected chi connectivity index (χ2v) is 6.33. The van der Waals surface area contributed by atoms with Crippen molar-refractivity contribution in [3.8, 4) is 0 Å². The van der Waals surface area contributed by atoms with E-state index in [0.717, 1.165) is 12.8 Å². The van der Waals surface area contributed by atoms with Crippen molar-refractivity contribution >= 4 is 11.8 Å². The molecule has 0 radical (unpaired) electrons. The molecule has 0 bridgehead atoms. The molecule has 2 atom stereocenters. The molecule has 1 N–H and O–H groups in total. The lowest BCUT2D eigenvalue weighted by Crippen LogP contribution is -2.63. The molecule has 0 aromatic carbocycles. The predicted molar refractivity (Wildman–Crippen MR) is 76.6 cm³/mol. The van der Waals surface area contributed by atoms with E-state index in [1.807, 2.05) is 11.8 Å². The second kappa shape index (κ2) is 6.92. The van der Waals surface area contributed by atoms with Crippen LogP contribution in [0.25, 0.3) is 0 Å². The van der Waals surface area contributed by atoms with E-state index < -0.39 is 0 Å². The van der Waals surface area contributed by atoms with Gasteiger partial charge in [-0.1, -0.05) is 34.6 Å². The third-order valence-electron chi connectivity index (χ3n) is 3.63. The van der Waals surface area contributed by atoms with Crippen molar-refractivity contribution in [1.29, 1.82) is 0 Å². The zero-order chi connectivity index (χ0) is 14.6. The van der Waals surface area contributed by atoms with Crippen molar-refractivity contribution in [2.24, 2.45) is 11.8 Å². The normalized spacial score (nSPS) is 24.3. The molecule has 2 amide bonds. The molecule has 0 aromatic heterocycles. The molecule has 1 fully saturated rings. The first kappa shape index (κ1) is 16.0. The van der Waals surface area contributed by atoms with Crippen LogP contribution in [0.1, 0.15) is 53.9 Å². The smallest absolute Gasteiger partial charge is 0.245 e.